The number of ether oxygens (including phenoxy) is 1. The molecule has 1 atom stereocenters. The van der Waals surface area contributed by atoms with E-state index in [1.54, 1.807) is 6.20 Å². The zero-order valence-electron chi connectivity index (χ0n) is 15.4. The molecule has 27 heavy (non-hydrogen) atoms. The first-order chi connectivity index (χ1) is 13.0. The fourth-order valence-electron chi connectivity index (χ4n) is 2.44. The molecule has 2 rings (SSSR count). The minimum absolute atomic E-state index is 0.0344. The molecule has 0 unspecified atom stereocenters. The molecule has 1 aromatic heterocycles. The Labute approximate surface area is 157 Å². The van der Waals surface area contributed by atoms with Crippen LogP contribution in [0.25, 0.3) is 0 Å². The summed E-state index contributed by atoms with van der Waals surface area (Å²) in [5.74, 6) is -1.07. The predicted octanol–water partition coefficient (Wildman–Crippen LogP) is 2.06. The Morgan fingerprint density at radius 2 is 2.04 bits per heavy atom. The van der Waals surface area contributed by atoms with E-state index in [0.717, 1.165) is 5.56 Å². The number of hydrogen-bond donors (Lipinski definition) is 3. The number of amides is 1. The third-order valence-corrected chi connectivity index (χ3v) is 3.77. The number of aromatic amines is 1. The van der Waals surface area contributed by atoms with Gasteiger partial charge in [0.2, 0.25) is 0 Å². The molecule has 1 amide bonds. The number of carbonyl (C=O) groups is 2. The molecule has 144 valence electrons. The SMILES string of the molecule is CC(C)CC(=NO)C(=O)N[C@@H](Cc1c[nH]cn1)C(=O)OCc1ccccc1. The van der Waals surface area contributed by atoms with Crippen LogP contribution in [-0.4, -0.2) is 38.8 Å². The first-order valence-corrected chi connectivity index (χ1v) is 8.69. The van der Waals surface area contributed by atoms with Crippen LogP contribution in [0, 0.1) is 5.92 Å². The second-order valence-electron chi connectivity index (χ2n) is 6.53. The van der Waals surface area contributed by atoms with Crippen molar-refractivity contribution in [2.75, 3.05) is 0 Å². The van der Waals surface area contributed by atoms with Crippen molar-refractivity contribution >= 4 is 17.6 Å². The highest BCUT2D eigenvalue weighted by Gasteiger charge is 2.26. The maximum absolute atomic E-state index is 12.5. The lowest BCUT2D eigenvalue weighted by Crippen LogP contribution is -2.46. The number of rotatable bonds is 9. The number of aromatic nitrogens is 2. The van der Waals surface area contributed by atoms with E-state index in [1.807, 2.05) is 44.2 Å². The van der Waals surface area contributed by atoms with Crippen LogP contribution in [0.2, 0.25) is 0 Å². The van der Waals surface area contributed by atoms with Crippen molar-refractivity contribution in [2.45, 2.75) is 39.3 Å². The highest BCUT2D eigenvalue weighted by atomic mass is 16.5. The number of hydrogen-bond acceptors (Lipinski definition) is 6. The number of oxime groups is 1. The second kappa shape index (κ2) is 10.1. The Morgan fingerprint density at radius 1 is 1.30 bits per heavy atom. The van der Waals surface area contributed by atoms with E-state index in [4.69, 9.17) is 9.94 Å². The molecule has 0 aliphatic heterocycles. The Balaban J connectivity index is 2.05. The summed E-state index contributed by atoms with van der Waals surface area (Å²) in [6, 6.07) is 8.30. The lowest BCUT2D eigenvalue weighted by molar-refractivity contribution is -0.148. The maximum Gasteiger partial charge on any atom is 0.329 e. The Hall–Kier alpha value is -3.16. The molecule has 8 nitrogen and oxygen atoms in total. The van der Waals surface area contributed by atoms with E-state index in [9.17, 15) is 9.59 Å². The number of nitrogens with zero attached hydrogens (tertiary/aromatic N) is 2. The quantitative estimate of drug-likeness (QED) is 0.270. The third-order valence-electron chi connectivity index (χ3n) is 3.77. The van der Waals surface area contributed by atoms with Crippen LogP contribution in [0.5, 0.6) is 0 Å². The molecule has 0 fully saturated rings. The fraction of sp³-hybridized carbons (Fsp3) is 0.368. The molecule has 0 radical (unpaired) electrons. The van der Waals surface area contributed by atoms with Crippen LogP contribution in [0.15, 0.2) is 48.0 Å². The van der Waals surface area contributed by atoms with Gasteiger partial charge in [0, 0.05) is 19.0 Å². The molecule has 0 spiro atoms. The van der Waals surface area contributed by atoms with Crippen LogP contribution in [0.4, 0.5) is 0 Å². The van der Waals surface area contributed by atoms with Crippen LogP contribution < -0.4 is 5.32 Å². The Bertz CT molecular complexity index is 757. The summed E-state index contributed by atoms with van der Waals surface area (Å²) in [4.78, 5) is 31.8. The zero-order chi connectivity index (χ0) is 19.6. The molecule has 0 saturated carbocycles. The summed E-state index contributed by atoms with van der Waals surface area (Å²) < 4.78 is 5.34. The molecule has 1 aromatic carbocycles. The van der Waals surface area contributed by atoms with Crippen LogP contribution in [0.3, 0.4) is 0 Å². The standard InChI is InChI=1S/C19H24N4O4/c1-13(2)8-16(23-26)18(24)22-17(9-15-10-20-12-21-15)19(25)27-11-14-6-4-3-5-7-14/h3-7,10,12-13,17,26H,8-9,11H2,1-2H3,(H,20,21)(H,22,24)/t17-/m0/s1. The van der Waals surface area contributed by atoms with Gasteiger partial charge >= 0.3 is 5.97 Å². The van der Waals surface area contributed by atoms with Gasteiger partial charge in [-0.15, -0.1) is 0 Å². The van der Waals surface area contributed by atoms with E-state index < -0.39 is 17.9 Å². The van der Waals surface area contributed by atoms with Gasteiger partial charge in [-0.25, -0.2) is 9.78 Å². The minimum atomic E-state index is -0.951. The van der Waals surface area contributed by atoms with Gasteiger partial charge in [-0.1, -0.05) is 49.3 Å². The average Bonchev–Trinajstić information content (AvgIpc) is 3.17. The summed E-state index contributed by atoms with van der Waals surface area (Å²) in [7, 11) is 0. The van der Waals surface area contributed by atoms with Crippen LogP contribution in [0.1, 0.15) is 31.5 Å². The van der Waals surface area contributed by atoms with E-state index in [0.29, 0.717) is 5.69 Å². The first kappa shape index (κ1) is 20.2. The van der Waals surface area contributed by atoms with Crippen LogP contribution in [-0.2, 0) is 27.4 Å². The monoisotopic (exact) mass is 372 g/mol. The van der Waals surface area contributed by atoms with E-state index in [-0.39, 0.29) is 31.1 Å². The van der Waals surface area contributed by atoms with Gasteiger partial charge in [0.1, 0.15) is 18.4 Å². The van der Waals surface area contributed by atoms with Crippen molar-refractivity contribution in [3.05, 3.63) is 54.1 Å². The molecule has 0 aliphatic carbocycles. The van der Waals surface area contributed by atoms with Crippen molar-refractivity contribution in [3.8, 4) is 0 Å². The average molecular weight is 372 g/mol. The number of esters is 1. The number of carbonyl (C=O) groups excluding carboxylic acids is 2. The summed E-state index contributed by atoms with van der Waals surface area (Å²) in [6.45, 7) is 3.89. The van der Waals surface area contributed by atoms with Crippen molar-refractivity contribution < 1.29 is 19.5 Å². The number of benzene rings is 1. The molecule has 1 heterocycles. The zero-order valence-corrected chi connectivity index (χ0v) is 15.4. The molecule has 3 N–H and O–H groups in total. The predicted molar refractivity (Wildman–Crippen MR) is 99.1 cm³/mol. The van der Waals surface area contributed by atoms with E-state index >= 15 is 0 Å². The summed E-state index contributed by atoms with van der Waals surface area (Å²) in [5, 5.41) is 14.8. The van der Waals surface area contributed by atoms with Gasteiger partial charge in [0.05, 0.1) is 12.0 Å². The fourth-order valence-corrected chi connectivity index (χ4v) is 2.44. The normalized spacial score (nSPS) is 12.6. The highest BCUT2D eigenvalue weighted by molar-refractivity contribution is 6.39. The summed E-state index contributed by atoms with van der Waals surface area (Å²) in [6.07, 6.45) is 3.57. The van der Waals surface area contributed by atoms with Crippen molar-refractivity contribution in [1.82, 2.24) is 15.3 Å². The van der Waals surface area contributed by atoms with Gasteiger partial charge in [0.15, 0.2) is 0 Å². The first-order valence-electron chi connectivity index (χ1n) is 8.69. The highest BCUT2D eigenvalue weighted by Crippen LogP contribution is 2.07. The maximum atomic E-state index is 12.5. The van der Waals surface area contributed by atoms with E-state index in [2.05, 4.69) is 20.4 Å². The van der Waals surface area contributed by atoms with E-state index in [1.165, 1.54) is 6.33 Å². The van der Waals surface area contributed by atoms with Crippen molar-refractivity contribution in [3.63, 3.8) is 0 Å². The Kier molecular flexibility index (Phi) is 7.54. The Morgan fingerprint density at radius 3 is 2.63 bits per heavy atom. The minimum Gasteiger partial charge on any atom is -0.459 e. The van der Waals surface area contributed by atoms with Crippen LogP contribution >= 0.6 is 0 Å². The van der Waals surface area contributed by atoms with Gasteiger partial charge in [0.25, 0.3) is 5.91 Å². The van der Waals surface area contributed by atoms with Gasteiger partial charge < -0.3 is 20.2 Å². The summed E-state index contributed by atoms with van der Waals surface area (Å²) >= 11 is 0. The molecule has 0 bridgehead atoms. The largest absolute Gasteiger partial charge is 0.459 e. The smallest absolute Gasteiger partial charge is 0.329 e. The topological polar surface area (TPSA) is 117 Å². The molecular weight excluding hydrogens is 348 g/mol. The van der Waals surface area contributed by atoms with Gasteiger partial charge in [-0.3, -0.25) is 4.79 Å². The van der Waals surface area contributed by atoms with Crippen molar-refractivity contribution in [1.29, 1.82) is 0 Å². The number of imidazole rings is 1. The second-order valence-corrected chi connectivity index (χ2v) is 6.53. The summed E-state index contributed by atoms with van der Waals surface area (Å²) in [5.41, 5.74) is 1.41. The third kappa shape index (κ3) is 6.58. The number of nitrogens with one attached hydrogen (secondary N) is 2. The molecular formula is C19H24N4O4. The molecule has 8 heteroatoms. The lowest BCUT2D eigenvalue weighted by atomic mass is 10.1. The van der Waals surface area contributed by atoms with Crippen molar-refractivity contribution in [2.24, 2.45) is 11.1 Å². The molecule has 2 aromatic rings. The molecule has 0 aliphatic rings. The molecule has 0 saturated heterocycles. The van der Waals surface area contributed by atoms with Gasteiger partial charge in [-0.2, -0.15) is 0 Å². The number of H-pyrrole nitrogens is 1. The lowest BCUT2D eigenvalue weighted by Gasteiger charge is -2.17. The van der Waals surface area contributed by atoms with Gasteiger partial charge in [-0.05, 0) is 11.5 Å².